The first-order valence-corrected chi connectivity index (χ1v) is 22.6. The van der Waals surface area contributed by atoms with Gasteiger partial charge in [0.25, 0.3) is 0 Å². The molecule has 0 fully saturated rings. The maximum Gasteiger partial charge on any atom is 0.0799 e. The smallest absolute Gasteiger partial charge is 0.0799 e. The van der Waals surface area contributed by atoms with Crippen molar-refractivity contribution < 1.29 is 27.0 Å². The van der Waals surface area contributed by atoms with E-state index in [0.717, 1.165) is 33.5 Å². The molecule has 1 radical (unpaired) electrons. The summed E-state index contributed by atoms with van der Waals surface area (Å²) >= 11 is 1.80. The van der Waals surface area contributed by atoms with Crippen LogP contribution in [0.25, 0.3) is 64.9 Å². The molecule has 0 N–H and O–H groups in total. The van der Waals surface area contributed by atoms with Crippen molar-refractivity contribution in [3.63, 3.8) is 0 Å². The van der Waals surface area contributed by atoms with E-state index in [2.05, 4.69) is 91.4 Å². The van der Waals surface area contributed by atoms with Crippen LogP contribution in [0.5, 0.6) is 0 Å². The van der Waals surface area contributed by atoms with Crippen molar-refractivity contribution >= 4 is 44.8 Å². The Hall–Kier alpha value is -4.51. The predicted octanol–water partition coefficient (Wildman–Crippen LogP) is 13.9. The number of rotatable bonds is 7. The summed E-state index contributed by atoms with van der Waals surface area (Å²) in [7, 11) is -1.68. The number of aromatic nitrogens is 2. The van der Waals surface area contributed by atoms with Gasteiger partial charge in [0.05, 0.1) is 8.07 Å². The van der Waals surface area contributed by atoms with E-state index in [1.165, 1.54) is 36.5 Å². The van der Waals surface area contributed by atoms with Gasteiger partial charge < -0.3 is 9.97 Å². The minimum Gasteiger partial charge on any atom is -0.305 e. The van der Waals surface area contributed by atoms with Gasteiger partial charge in [-0.25, -0.2) is 0 Å². The molecule has 3 aromatic heterocycles. The zero-order valence-electron chi connectivity index (χ0n) is 37.3. The van der Waals surface area contributed by atoms with Gasteiger partial charge in [-0.2, -0.15) is 11.3 Å². The third-order valence-electron chi connectivity index (χ3n) is 9.69. The molecular weight excluding hydrogens is 881 g/mol. The quantitative estimate of drug-likeness (QED) is 0.118. The third-order valence-corrected chi connectivity index (χ3v) is 12.8. The van der Waals surface area contributed by atoms with Gasteiger partial charge in [0.2, 0.25) is 0 Å². The normalized spacial score (nSPS) is 13.4. The number of hydrogen-bond acceptors (Lipinski definition) is 3. The summed E-state index contributed by atoms with van der Waals surface area (Å²) in [4.78, 5) is 9.22. The van der Waals surface area contributed by atoms with E-state index in [4.69, 9.17) is 11.8 Å². The van der Waals surface area contributed by atoms with Crippen LogP contribution in [0.15, 0.2) is 134 Å². The van der Waals surface area contributed by atoms with Gasteiger partial charge in [0.15, 0.2) is 0 Å². The second-order valence-electron chi connectivity index (χ2n) is 15.1. The first kappa shape index (κ1) is 33.8. The Labute approximate surface area is 353 Å². The predicted molar refractivity (Wildman–Crippen MR) is 237 cm³/mol. The second kappa shape index (κ2) is 17.1. The molecule has 8 aromatic rings. The monoisotopic (exact) mass is 934 g/mol. The van der Waals surface area contributed by atoms with E-state index in [1.807, 2.05) is 94.6 Å². The molecule has 0 amide bonds. The first-order chi connectivity index (χ1) is 27.8. The number of pyridine rings is 2. The van der Waals surface area contributed by atoms with Gasteiger partial charge in [0.1, 0.15) is 0 Å². The van der Waals surface area contributed by atoms with Crippen molar-refractivity contribution in [2.75, 3.05) is 0 Å². The van der Waals surface area contributed by atoms with Crippen LogP contribution in [0.3, 0.4) is 0 Å². The maximum atomic E-state index is 8.66. The number of benzene rings is 5. The Bertz CT molecular complexity index is 2770. The Morgan fingerprint density at radius 1 is 0.655 bits per heavy atom. The molecule has 279 valence electrons. The molecule has 0 saturated carbocycles. The van der Waals surface area contributed by atoms with E-state index in [-0.39, 0.29) is 25.7 Å². The number of aryl methyl sites for hydroxylation is 1. The van der Waals surface area contributed by atoms with Crippen LogP contribution in [-0.4, -0.2) is 18.0 Å². The molecule has 0 saturated heterocycles. The van der Waals surface area contributed by atoms with Crippen LogP contribution in [0.1, 0.15) is 63.0 Å². The van der Waals surface area contributed by atoms with Crippen molar-refractivity contribution in [3.05, 3.63) is 163 Å². The van der Waals surface area contributed by atoms with Gasteiger partial charge in [-0.15, -0.1) is 53.1 Å². The van der Waals surface area contributed by atoms with Crippen LogP contribution >= 0.6 is 11.3 Å². The van der Waals surface area contributed by atoms with Crippen LogP contribution in [0.4, 0.5) is 0 Å². The molecule has 0 aliphatic heterocycles. The fraction of sp³-hybridized carbons (Fsp3) is 0.200. The SMILES string of the molecule is [2H]C(C)(C)c1ccnc(-c2[c-]cc3c(c2)sc2ccc(-c4ccccc4)cc23)c1.[2H]C([2H])([2H])c1c[c-]c(-c2cc(C([2H])(C)C)c([Si](C)(C)C)cn2)cc1-c1ccccc1.[Ir]. The molecule has 0 aliphatic rings. The maximum absolute atomic E-state index is 8.66. The van der Waals surface area contributed by atoms with Crippen LogP contribution in [-0.2, 0) is 20.1 Å². The van der Waals surface area contributed by atoms with Gasteiger partial charge >= 0.3 is 0 Å². The van der Waals surface area contributed by atoms with Crippen molar-refractivity contribution in [2.45, 2.75) is 66.0 Å². The fourth-order valence-electron chi connectivity index (χ4n) is 6.67. The Kier molecular flexibility index (Phi) is 10.5. The average Bonchev–Trinajstić information content (AvgIpc) is 3.57. The number of fused-ring (bicyclic) bond motifs is 3. The average molecular weight is 934 g/mol. The van der Waals surface area contributed by atoms with E-state index in [1.54, 1.807) is 23.6 Å². The Balaban J connectivity index is 0.000000198. The molecule has 5 heteroatoms. The second-order valence-corrected chi connectivity index (χ2v) is 21.3. The topological polar surface area (TPSA) is 25.8 Å². The largest absolute Gasteiger partial charge is 0.305 e. The van der Waals surface area contributed by atoms with Crippen molar-refractivity contribution in [3.8, 4) is 44.8 Å². The molecule has 2 nitrogen and oxygen atoms in total. The summed E-state index contributed by atoms with van der Waals surface area (Å²) < 4.78 is 43.2. The van der Waals surface area contributed by atoms with E-state index >= 15 is 0 Å². The molecule has 5 aromatic carbocycles. The molecule has 0 atom stereocenters. The molecule has 0 bridgehead atoms. The van der Waals surface area contributed by atoms with Crippen LogP contribution < -0.4 is 5.19 Å². The minimum absolute atomic E-state index is 0. The van der Waals surface area contributed by atoms with E-state index in [0.29, 0.717) is 11.3 Å². The molecule has 0 unspecified atom stereocenters. The fourth-order valence-corrected chi connectivity index (χ4v) is 9.36. The molecule has 0 aliphatic carbocycles. The minimum atomic E-state index is -2.23. The summed E-state index contributed by atoms with van der Waals surface area (Å²) in [5.74, 6) is -1.40. The van der Waals surface area contributed by atoms with Gasteiger partial charge in [-0.1, -0.05) is 161 Å². The summed E-state index contributed by atoms with van der Waals surface area (Å²) in [5, 5.41) is 3.67. The molecule has 55 heavy (non-hydrogen) atoms. The molecule has 3 heterocycles. The van der Waals surface area contributed by atoms with Gasteiger partial charge in [-0.05, 0) is 67.3 Å². The zero-order valence-corrected chi connectivity index (χ0v) is 36.5. The third kappa shape index (κ3) is 8.98. The van der Waals surface area contributed by atoms with Gasteiger partial charge in [-0.3, -0.25) is 0 Å². The van der Waals surface area contributed by atoms with E-state index < -0.39 is 26.7 Å². The summed E-state index contributed by atoms with van der Waals surface area (Å²) in [6.45, 7) is 12.1. The zero-order chi connectivity index (χ0) is 42.3. The summed E-state index contributed by atoms with van der Waals surface area (Å²) in [6, 6.07) is 46.8. The van der Waals surface area contributed by atoms with Crippen molar-refractivity contribution in [1.82, 2.24) is 9.97 Å². The number of thiophene rings is 1. The van der Waals surface area contributed by atoms with E-state index in [9.17, 15) is 0 Å². The van der Waals surface area contributed by atoms with Crippen LogP contribution in [0, 0.1) is 19.0 Å². The molecular formula is C50H48IrN2SSi-2. The van der Waals surface area contributed by atoms with Gasteiger partial charge in [0, 0.05) is 44.1 Å². The Morgan fingerprint density at radius 3 is 2.00 bits per heavy atom. The van der Waals surface area contributed by atoms with Crippen LogP contribution in [0.2, 0.25) is 19.6 Å². The summed E-state index contributed by atoms with van der Waals surface area (Å²) in [5.41, 5.74) is 9.45. The number of hydrogen-bond donors (Lipinski definition) is 0. The Morgan fingerprint density at radius 2 is 1.33 bits per heavy atom. The van der Waals surface area contributed by atoms with Crippen molar-refractivity contribution in [2.24, 2.45) is 0 Å². The first-order valence-electron chi connectivity index (χ1n) is 20.8. The molecule has 8 rings (SSSR count). The summed E-state index contributed by atoms with van der Waals surface area (Å²) in [6.07, 6.45) is 3.69. The van der Waals surface area contributed by atoms with Crippen molar-refractivity contribution in [1.29, 1.82) is 0 Å². The number of nitrogens with zero attached hydrogens (tertiary/aromatic N) is 2. The standard InChI is InChI=1S/C26H20NS.C24H28NSi.Ir/c1-17(2)19-12-13-27-24(15-19)21-8-10-22-23-14-20(18-6-4-3-5-7-18)9-11-25(23)28-26(22)16-21;1-17(2)21-15-23(25-16-24(21)26(4,5)6)20-13-12-18(3)22(14-20)19-10-8-7-9-11-19;/h3-7,9-17H,1-2H3;7-12,14-17H,1-6H3;/q2*-1;/i17D;3D3,17D;. The molecule has 0 spiro atoms.